The van der Waals surface area contributed by atoms with Crippen molar-refractivity contribution in [3.8, 4) is 0 Å². The predicted molar refractivity (Wildman–Crippen MR) is 85.4 cm³/mol. The van der Waals surface area contributed by atoms with Gasteiger partial charge in [0.2, 0.25) is 0 Å². The minimum absolute atomic E-state index is 0.115. The molecule has 0 spiro atoms. The lowest BCUT2D eigenvalue weighted by molar-refractivity contribution is -0.139. The van der Waals surface area contributed by atoms with Crippen molar-refractivity contribution in [2.75, 3.05) is 6.61 Å². The Bertz CT molecular complexity index is 547. The zero-order valence-corrected chi connectivity index (χ0v) is 13.2. The Labute approximate surface area is 132 Å². The number of unbranched alkanes of at least 4 members (excludes halogenated alkanes) is 1. The molecule has 1 aromatic carbocycles. The molecule has 0 radical (unpaired) electrons. The molecule has 0 N–H and O–H groups in total. The maximum atomic E-state index is 12.4. The molecule has 2 unspecified atom stereocenters. The Morgan fingerprint density at radius 1 is 1.23 bits per heavy atom. The fourth-order valence-corrected chi connectivity index (χ4v) is 3.31. The molecular weight excluding hydrogens is 276 g/mol. The largest absolute Gasteiger partial charge is 0.469 e. The number of allylic oxidation sites excluding steroid dienone is 2. The van der Waals surface area contributed by atoms with Gasteiger partial charge >= 0.3 is 0 Å². The van der Waals surface area contributed by atoms with E-state index in [0.717, 1.165) is 50.0 Å². The van der Waals surface area contributed by atoms with Crippen LogP contribution in [-0.4, -0.2) is 18.7 Å². The highest BCUT2D eigenvalue weighted by molar-refractivity contribution is 5.98. The van der Waals surface area contributed by atoms with Crippen LogP contribution in [0.25, 0.3) is 0 Å². The fraction of sp³-hybridized carbons (Fsp3) is 0.526. The number of benzene rings is 1. The van der Waals surface area contributed by atoms with Crippen molar-refractivity contribution in [2.24, 2.45) is 0 Å². The van der Waals surface area contributed by atoms with E-state index in [-0.39, 0.29) is 18.0 Å². The number of rotatable bonds is 5. The van der Waals surface area contributed by atoms with Gasteiger partial charge in [-0.3, -0.25) is 4.79 Å². The highest BCUT2D eigenvalue weighted by Gasteiger charge is 2.37. The number of carbonyl (C=O) groups is 1. The summed E-state index contributed by atoms with van der Waals surface area (Å²) in [4.78, 5) is 12.4. The maximum Gasteiger partial charge on any atom is 0.200 e. The first-order valence-electron chi connectivity index (χ1n) is 8.39. The molecular formula is C19H24O3. The summed E-state index contributed by atoms with van der Waals surface area (Å²) < 4.78 is 11.9. The van der Waals surface area contributed by atoms with Crippen LogP contribution < -0.4 is 0 Å². The van der Waals surface area contributed by atoms with Gasteiger partial charge in [-0.2, -0.15) is 0 Å². The van der Waals surface area contributed by atoms with Crippen molar-refractivity contribution in [2.45, 2.75) is 57.7 Å². The van der Waals surface area contributed by atoms with E-state index in [1.54, 1.807) is 0 Å². The van der Waals surface area contributed by atoms with Gasteiger partial charge in [-0.05, 0) is 18.4 Å². The lowest BCUT2D eigenvalue weighted by Gasteiger charge is -2.35. The van der Waals surface area contributed by atoms with Gasteiger partial charge in [-0.25, -0.2) is 0 Å². The highest BCUT2D eigenvalue weighted by atomic mass is 16.7. The molecule has 1 aliphatic carbocycles. The summed E-state index contributed by atoms with van der Waals surface area (Å²) in [6, 6.07) is 10.3. The standard InChI is InChI=1S/C19H24O3/c1-2-3-12-21-18-13-15(14-8-5-4-6-9-14)19-16(20)10-7-11-17(19)22-18/h4-6,8-9,15,18H,2-3,7,10-13H2,1H3. The summed E-state index contributed by atoms with van der Waals surface area (Å²) in [7, 11) is 0. The first-order chi connectivity index (χ1) is 10.8. The molecule has 0 saturated carbocycles. The average molecular weight is 300 g/mol. The third-order valence-corrected chi connectivity index (χ3v) is 4.46. The van der Waals surface area contributed by atoms with Gasteiger partial charge in [0.25, 0.3) is 0 Å². The summed E-state index contributed by atoms with van der Waals surface area (Å²) in [5, 5.41) is 0. The second-order valence-electron chi connectivity index (χ2n) is 6.08. The SMILES string of the molecule is CCCCOC1CC(c2ccccc2)C2=C(CCCC2=O)O1. The summed E-state index contributed by atoms with van der Waals surface area (Å²) in [5.41, 5.74) is 2.09. The molecule has 0 fully saturated rings. The van der Waals surface area contributed by atoms with Crippen LogP contribution in [0.1, 0.15) is 56.9 Å². The van der Waals surface area contributed by atoms with Gasteiger partial charge in [0.1, 0.15) is 5.76 Å². The lowest BCUT2D eigenvalue weighted by atomic mass is 9.79. The number of carbonyl (C=O) groups excluding carboxylic acids is 1. The maximum absolute atomic E-state index is 12.4. The van der Waals surface area contributed by atoms with Crippen molar-refractivity contribution in [3.63, 3.8) is 0 Å². The molecule has 22 heavy (non-hydrogen) atoms. The molecule has 1 aliphatic heterocycles. The Hall–Kier alpha value is -1.61. The van der Waals surface area contributed by atoms with Crippen molar-refractivity contribution in [3.05, 3.63) is 47.2 Å². The van der Waals surface area contributed by atoms with Crippen LogP contribution in [0.2, 0.25) is 0 Å². The lowest BCUT2D eigenvalue weighted by Crippen LogP contribution is -2.32. The van der Waals surface area contributed by atoms with Crippen LogP contribution in [-0.2, 0) is 14.3 Å². The fourth-order valence-electron chi connectivity index (χ4n) is 3.31. The second-order valence-corrected chi connectivity index (χ2v) is 6.08. The van der Waals surface area contributed by atoms with Gasteiger partial charge < -0.3 is 9.47 Å². The first kappa shape index (κ1) is 15.3. The molecule has 3 rings (SSSR count). The predicted octanol–water partition coefficient (Wildman–Crippen LogP) is 4.34. The summed E-state index contributed by atoms with van der Waals surface area (Å²) in [5.74, 6) is 1.24. The molecule has 0 saturated heterocycles. The molecule has 0 aromatic heterocycles. The van der Waals surface area contributed by atoms with E-state index in [1.807, 2.05) is 18.2 Å². The van der Waals surface area contributed by atoms with Crippen molar-refractivity contribution < 1.29 is 14.3 Å². The van der Waals surface area contributed by atoms with Crippen LogP contribution in [0.5, 0.6) is 0 Å². The second kappa shape index (κ2) is 7.10. The molecule has 0 bridgehead atoms. The first-order valence-corrected chi connectivity index (χ1v) is 8.39. The quantitative estimate of drug-likeness (QED) is 0.759. The van der Waals surface area contributed by atoms with Crippen molar-refractivity contribution >= 4 is 5.78 Å². The van der Waals surface area contributed by atoms with E-state index in [1.165, 1.54) is 5.56 Å². The summed E-state index contributed by atoms with van der Waals surface area (Å²) in [6.45, 7) is 2.87. The van der Waals surface area contributed by atoms with Crippen molar-refractivity contribution in [1.82, 2.24) is 0 Å². The van der Waals surface area contributed by atoms with E-state index in [9.17, 15) is 4.79 Å². The summed E-state index contributed by atoms with van der Waals surface area (Å²) >= 11 is 0. The molecule has 118 valence electrons. The van der Waals surface area contributed by atoms with E-state index in [0.29, 0.717) is 6.42 Å². The Morgan fingerprint density at radius 2 is 2.05 bits per heavy atom. The smallest absolute Gasteiger partial charge is 0.200 e. The minimum Gasteiger partial charge on any atom is -0.469 e. The van der Waals surface area contributed by atoms with Gasteiger partial charge in [0.15, 0.2) is 12.1 Å². The third kappa shape index (κ3) is 3.25. The summed E-state index contributed by atoms with van der Waals surface area (Å²) in [6.07, 6.45) is 5.06. The third-order valence-electron chi connectivity index (χ3n) is 4.46. The monoisotopic (exact) mass is 300 g/mol. The zero-order chi connectivity index (χ0) is 15.4. The average Bonchev–Trinajstić information content (AvgIpc) is 2.55. The molecule has 1 heterocycles. The number of Topliss-reactive ketones (excluding diaryl/α,β-unsaturated/α-hetero) is 1. The molecule has 2 atom stereocenters. The van der Waals surface area contributed by atoms with E-state index in [2.05, 4.69) is 19.1 Å². The highest BCUT2D eigenvalue weighted by Crippen LogP contribution is 2.42. The Morgan fingerprint density at radius 3 is 2.82 bits per heavy atom. The number of ether oxygens (including phenoxy) is 2. The number of hydrogen-bond donors (Lipinski definition) is 0. The molecule has 0 amide bonds. The van der Waals surface area contributed by atoms with Gasteiger partial charge in [0.05, 0.1) is 6.61 Å². The van der Waals surface area contributed by atoms with Crippen molar-refractivity contribution in [1.29, 1.82) is 0 Å². The topological polar surface area (TPSA) is 35.5 Å². The Kier molecular flexibility index (Phi) is 4.94. The van der Waals surface area contributed by atoms with E-state index < -0.39 is 0 Å². The molecule has 2 aliphatic rings. The zero-order valence-electron chi connectivity index (χ0n) is 13.2. The molecule has 3 nitrogen and oxygen atoms in total. The minimum atomic E-state index is -0.221. The molecule has 1 aromatic rings. The van der Waals surface area contributed by atoms with Crippen LogP contribution in [0.4, 0.5) is 0 Å². The van der Waals surface area contributed by atoms with Crippen LogP contribution in [0.15, 0.2) is 41.7 Å². The molecule has 3 heteroatoms. The van der Waals surface area contributed by atoms with Gasteiger partial charge in [0, 0.05) is 30.8 Å². The van der Waals surface area contributed by atoms with Crippen LogP contribution in [0, 0.1) is 0 Å². The van der Waals surface area contributed by atoms with E-state index >= 15 is 0 Å². The van der Waals surface area contributed by atoms with E-state index in [4.69, 9.17) is 9.47 Å². The van der Waals surface area contributed by atoms with Crippen LogP contribution in [0.3, 0.4) is 0 Å². The Balaban J connectivity index is 1.85. The van der Waals surface area contributed by atoms with Crippen LogP contribution >= 0.6 is 0 Å². The number of ketones is 1. The number of hydrogen-bond acceptors (Lipinski definition) is 3. The van der Waals surface area contributed by atoms with Gasteiger partial charge in [-0.15, -0.1) is 0 Å². The van der Waals surface area contributed by atoms with Gasteiger partial charge in [-0.1, -0.05) is 43.7 Å². The normalized spacial score (nSPS) is 24.9.